The molecule has 1 fully saturated rings. The molecule has 1 unspecified atom stereocenters. The maximum absolute atomic E-state index is 13.3. The molecule has 0 saturated carbocycles. The van der Waals surface area contributed by atoms with Crippen LogP contribution >= 0.6 is 0 Å². The summed E-state index contributed by atoms with van der Waals surface area (Å²) in [5.74, 6) is -0.471. The van der Waals surface area contributed by atoms with E-state index < -0.39 is 11.7 Å². The van der Waals surface area contributed by atoms with Crippen LogP contribution in [0.3, 0.4) is 0 Å². The number of benzene rings is 1. The zero-order valence-corrected chi connectivity index (χ0v) is 12.7. The highest BCUT2D eigenvalue weighted by Gasteiger charge is 2.23. The molecule has 1 aliphatic heterocycles. The monoisotopic (exact) mass is 293 g/mol. The Labute approximate surface area is 125 Å². The van der Waals surface area contributed by atoms with Gasteiger partial charge in [0.1, 0.15) is 5.82 Å². The van der Waals surface area contributed by atoms with Crippen LogP contribution in [-0.2, 0) is 0 Å². The minimum absolute atomic E-state index is 0.271. The number of halogens is 1. The molecule has 1 saturated heterocycles. The lowest BCUT2D eigenvalue weighted by Crippen LogP contribution is -2.41. The lowest BCUT2D eigenvalue weighted by atomic mass is 9.96. The Hall–Kier alpha value is -1.62. The second kappa shape index (κ2) is 6.89. The molecule has 3 N–H and O–H groups in total. The zero-order chi connectivity index (χ0) is 15.4. The number of hydrogen-bond donors (Lipinski definition) is 2. The van der Waals surface area contributed by atoms with Crippen LogP contribution in [0.2, 0.25) is 0 Å². The average Bonchev–Trinajstić information content (AvgIpc) is 2.45. The predicted molar refractivity (Wildman–Crippen MR) is 83.0 cm³/mol. The van der Waals surface area contributed by atoms with Gasteiger partial charge in [0.25, 0.3) is 5.91 Å². The molecular formula is C16H24FN3O. The van der Waals surface area contributed by atoms with Crippen LogP contribution < -0.4 is 16.0 Å². The molecule has 0 radical (unpaired) electrons. The van der Waals surface area contributed by atoms with E-state index >= 15 is 0 Å². The molecule has 116 valence electrons. The van der Waals surface area contributed by atoms with E-state index in [1.54, 1.807) is 6.07 Å². The Kier molecular flexibility index (Phi) is 5.17. The summed E-state index contributed by atoms with van der Waals surface area (Å²) in [6.45, 7) is 6.97. The molecule has 0 spiro atoms. The smallest absolute Gasteiger partial charge is 0.250 e. The van der Waals surface area contributed by atoms with Crippen LogP contribution in [0.5, 0.6) is 0 Å². The molecule has 1 aromatic carbocycles. The van der Waals surface area contributed by atoms with Crippen molar-refractivity contribution < 1.29 is 9.18 Å². The number of hydrogen-bond acceptors (Lipinski definition) is 3. The minimum Gasteiger partial charge on any atom is -0.371 e. The summed E-state index contributed by atoms with van der Waals surface area (Å²) in [4.78, 5) is 13.7. The molecule has 0 aromatic heterocycles. The summed E-state index contributed by atoms with van der Waals surface area (Å²) < 4.78 is 13.3. The first-order chi connectivity index (χ1) is 9.97. The van der Waals surface area contributed by atoms with Crippen LogP contribution in [0.1, 0.15) is 37.0 Å². The normalized spacial score (nSPS) is 19.0. The van der Waals surface area contributed by atoms with Crippen molar-refractivity contribution in [3.05, 3.63) is 29.6 Å². The third-order valence-electron chi connectivity index (χ3n) is 3.90. The van der Waals surface area contributed by atoms with Gasteiger partial charge in [-0.05, 0) is 43.5 Å². The largest absolute Gasteiger partial charge is 0.371 e. The van der Waals surface area contributed by atoms with Crippen molar-refractivity contribution in [2.45, 2.75) is 32.7 Å². The molecule has 2 rings (SSSR count). The lowest BCUT2D eigenvalue weighted by molar-refractivity contribution is 0.1000. The van der Waals surface area contributed by atoms with Crippen LogP contribution in [0.25, 0.3) is 0 Å². The van der Waals surface area contributed by atoms with E-state index in [9.17, 15) is 9.18 Å². The van der Waals surface area contributed by atoms with Crippen molar-refractivity contribution in [1.82, 2.24) is 5.32 Å². The van der Waals surface area contributed by atoms with Gasteiger partial charge in [0, 0.05) is 24.8 Å². The molecule has 1 aliphatic rings. The molecular weight excluding hydrogens is 269 g/mol. The first-order valence-corrected chi connectivity index (χ1v) is 7.55. The van der Waals surface area contributed by atoms with Crippen molar-refractivity contribution >= 4 is 11.6 Å². The topological polar surface area (TPSA) is 58.4 Å². The predicted octanol–water partition coefficient (Wildman–Crippen LogP) is 2.14. The maximum Gasteiger partial charge on any atom is 0.250 e. The van der Waals surface area contributed by atoms with Crippen LogP contribution in [0.15, 0.2) is 18.2 Å². The molecule has 1 atom stereocenters. The minimum atomic E-state index is -0.577. The third kappa shape index (κ3) is 4.17. The van der Waals surface area contributed by atoms with Gasteiger partial charge in [-0.3, -0.25) is 4.79 Å². The zero-order valence-electron chi connectivity index (χ0n) is 12.7. The number of primary amides is 1. The van der Waals surface area contributed by atoms with Gasteiger partial charge in [-0.2, -0.15) is 0 Å². The molecule has 1 amide bonds. The standard InChI is InChI=1S/C16H24FN3O/c1-11(2)19-9-12-4-3-7-20(10-12)15-6-5-13(17)8-14(15)16(18)21/h5-6,8,11-12,19H,3-4,7,9-10H2,1-2H3,(H2,18,21). The molecule has 4 nitrogen and oxygen atoms in total. The highest BCUT2D eigenvalue weighted by Crippen LogP contribution is 2.26. The van der Waals surface area contributed by atoms with Gasteiger partial charge in [0.2, 0.25) is 0 Å². The summed E-state index contributed by atoms with van der Waals surface area (Å²) in [5, 5.41) is 3.46. The number of nitrogens with two attached hydrogens (primary N) is 1. The Balaban J connectivity index is 2.12. The summed E-state index contributed by atoms with van der Waals surface area (Å²) in [6, 6.07) is 4.74. The fourth-order valence-corrected chi connectivity index (χ4v) is 2.83. The van der Waals surface area contributed by atoms with Gasteiger partial charge in [-0.25, -0.2) is 4.39 Å². The SMILES string of the molecule is CC(C)NCC1CCCN(c2ccc(F)cc2C(N)=O)C1. The van der Waals surface area contributed by atoms with Crippen LogP contribution in [0.4, 0.5) is 10.1 Å². The number of carbonyl (C=O) groups excluding carboxylic acids is 1. The van der Waals surface area contributed by atoms with Gasteiger partial charge in [0.15, 0.2) is 0 Å². The van der Waals surface area contributed by atoms with E-state index in [-0.39, 0.29) is 5.56 Å². The van der Waals surface area contributed by atoms with Gasteiger partial charge >= 0.3 is 0 Å². The highest BCUT2D eigenvalue weighted by molar-refractivity contribution is 5.98. The van der Waals surface area contributed by atoms with Crippen molar-refractivity contribution in [3.63, 3.8) is 0 Å². The van der Waals surface area contributed by atoms with E-state index in [1.807, 2.05) is 0 Å². The second-order valence-corrected chi connectivity index (χ2v) is 6.04. The second-order valence-electron chi connectivity index (χ2n) is 6.04. The number of amides is 1. The maximum atomic E-state index is 13.3. The number of nitrogens with one attached hydrogen (secondary N) is 1. The third-order valence-corrected chi connectivity index (χ3v) is 3.90. The van der Waals surface area contributed by atoms with Gasteiger partial charge in [-0.1, -0.05) is 13.8 Å². The Bertz CT molecular complexity index is 504. The molecule has 21 heavy (non-hydrogen) atoms. The number of nitrogens with zero attached hydrogens (tertiary/aromatic N) is 1. The highest BCUT2D eigenvalue weighted by atomic mass is 19.1. The van der Waals surface area contributed by atoms with Crippen molar-refractivity contribution in [2.24, 2.45) is 11.7 Å². The fraction of sp³-hybridized carbons (Fsp3) is 0.562. The van der Waals surface area contributed by atoms with Crippen molar-refractivity contribution in [2.75, 3.05) is 24.5 Å². The fourth-order valence-electron chi connectivity index (χ4n) is 2.83. The lowest BCUT2D eigenvalue weighted by Gasteiger charge is -2.35. The van der Waals surface area contributed by atoms with E-state index in [0.29, 0.717) is 12.0 Å². The molecule has 1 heterocycles. The Morgan fingerprint density at radius 2 is 2.29 bits per heavy atom. The average molecular weight is 293 g/mol. The Morgan fingerprint density at radius 1 is 1.52 bits per heavy atom. The van der Waals surface area contributed by atoms with Crippen molar-refractivity contribution in [1.29, 1.82) is 0 Å². The summed E-state index contributed by atoms with van der Waals surface area (Å²) in [5.41, 5.74) is 6.40. The van der Waals surface area contributed by atoms with Gasteiger partial charge < -0.3 is 16.0 Å². The van der Waals surface area contributed by atoms with Crippen molar-refractivity contribution in [3.8, 4) is 0 Å². The van der Waals surface area contributed by atoms with E-state index in [2.05, 4.69) is 24.1 Å². The number of anilines is 1. The van der Waals surface area contributed by atoms with E-state index in [4.69, 9.17) is 5.73 Å². The Morgan fingerprint density at radius 3 is 2.95 bits per heavy atom. The summed E-state index contributed by atoms with van der Waals surface area (Å²) in [6.07, 6.45) is 2.24. The molecule has 0 bridgehead atoms. The summed E-state index contributed by atoms with van der Waals surface area (Å²) >= 11 is 0. The first-order valence-electron chi connectivity index (χ1n) is 7.55. The molecule has 5 heteroatoms. The summed E-state index contributed by atoms with van der Waals surface area (Å²) in [7, 11) is 0. The number of rotatable bonds is 5. The van der Waals surface area contributed by atoms with E-state index in [0.717, 1.165) is 31.7 Å². The molecule has 0 aliphatic carbocycles. The van der Waals surface area contributed by atoms with Gasteiger partial charge in [0.05, 0.1) is 5.56 Å². The number of piperidine rings is 1. The first kappa shape index (κ1) is 15.8. The number of carbonyl (C=O) groups is 1. The van der Waals surface area contributed by atoms with E-state index in [1.165, 1.54) is 18.6 Å². The quantitative estimate of drug-likeness (QED) is 0.874. The van der Waals surface area contributed by atoms with Crippen LogP contribution in [0, 0.1) is 11.7 Å². The van der Waals surface area contributed by atoms with Crippen LogP contribution in [-0.4, -0.2) is 31.6 Å². The molecule has 1 aromatic rings. The van der Waals surface area contributed by atoms with Gasteiger partial charge in [-0.15, -0.1) is 0 Å².